The lowest BCUT2D eigenvalue weighted by molar-refractivity contribution is 0.162. The predicted octanol–water partition coefficient (Wildman–Crippen LogP) is 2.57. The average Bonchev–Trinajstić information content (AvgIpc) is 2.51. The lowest BCUT2D eigenvalue weighted by Gasteiger charge is -2.26. The summed E-state index contributed by atoms with van der Waals surface area (Å²) in [4.78, 5) is 16.4. The van der Waals surface area contributed by atoms with E-state index >= 15 is 0 Å². The van der Waals surface area contributed by atoms with Gasteiger partial charge in [0.1, 0.15) is 0 Å². The van der Waals surface area contributed by atoms with Gasteiger partial charge < -0.3 is 9.80 Å². The predicted molar refractivity (Wildman–Crippen MR) is 65.3 cm³/mol. The van der Waals surface area contributed by atoms with Crippen LogP contribution >= 0.6 is 0 Å². The summed E-state index contributed by atoms with van der Waals surface area (Å²) in [6.07, 6.45) is 4.95. The molecule has 0 aromatic rings. The first-order valence-electron chi connectivity index (χ1n) is 6.72. The minimum Gasteiger partial charge on any atom is -0.325 e. The zero-order chi connectivity index (χ0) is 11.5. The molecule has 2 aliphatic rings. The van der Waals surface area contributed by atoms with Gasteiger partial charge in [-0.15, -0.1) is 0 Å². The second kappa shape index (κ2) is 5.07. The van der Waals surface area contributed by atoms with Crippen LogP contribution in [0.1, 0.15) is 39.5 Å². The Balaban J connectivity index is 1.91. The third kappa shape index (κ3) is 2.50. The first-order chi connectivity index (χ1) is 7.68. The topological polar surface area (TPSA) is 23.6 Å². The highest BCUT2D eigenvalue weighted by Crippen LogP contribution is 2.23. The van der Waals surface area contributed by atoms with Gasteiger partial charge in [-0.25, -0.2) is 4.79 Å². The quantitative estimate of drug-likeness (QED) is 0.620. The molecule has 3 nitrogen and oxygen atoms in total. The largest absolute Gasteiger partial charge is 0.325 e. The summed E-state index contributed by atoms with van der Waals surface area (Å²) >= 11 is 0. The Morgan fingerprint density at radius 3 is 1.88 bits per heavy atom. The number of hydrogen-bond donors (Lipinski definition) is 0. The zero-order valence-electron chi connectivity index (χ0n) is 10.6. The van der Waals surface area contributed by atoms with Crippen LogP contribution in [0.4, 0.5) is 4.79 Å². The fourth-order valence-electron chi connectivity index (χ4n) is 2.75. The van der Waals surface area contributed by atoms with Crippen LogP contribution < -0.4 is 0 Å². The van der Waals surface area contributed by atoms with E-state index in [1.54, 1.807) is 0 Å². The van der Waals surface area contributed by atoms with E-state index in [4.69, 9.17) is 0 Å². The fraction of sp³-hybridized carbons (Fsp3) is 0.923. The van der Waals surface area contributed by atoms with E-state index in [0.717, 1.165) is 26.2 Å². The van der Waals surface area contributed by atoms with E-state index < -0.39 is 0 Å². The molecule has 2 fully saturated rings. The minimum absolute atomic E-state index is 0.290. The number of carbonyl (C=O) groups excluding carboxylic acids is 1. The smallest absolute Gasteiger partial charge is 0.320 e. The molecule has 2 aliphatic heterocycles. The Kier molecular flexibility index (Phi) is 3.72. The number of rotatable bonds is 0. The molecule has 0 N–H and O–H groups in total. The third-order valence-electron chi connectivity index (χ3n) is 4.14. The summed E-state index contributed by atoms with van der Waals surface area (Å²) in [6.45, 7) is 8.35. The number of likely N-dealkylation sites (tertiary alicyclic amines) is 2. The Morgan fingerprint density at radius 2 is 1.38 bits per heavy atom. The van der Waals surface area contributed by atoms with Crippen molar-refractivity contribution < 1.29 is 4.79 Å². The number of hydrogen-bond acceptors (Lipinski definition) is 1. The van der Waals surface area contributed by atoms with Crippen LogP contribution in [0.3, 0.4) is 0 Å². The number of carbonyl (C=O) groups is 1. The highest BCUT2D eigenvalue weighted by molar-refractivity contribution is 5.74. The summed E-state index contributed by atoms with van der Waals surface area (Å²) in [5, 5.41) is 0. The van der Waals surface area contributed by atoms with E-state index in [9.17, 15) is 4.79 Å². The molecule has 0 spiro atoms. The molecular formula is C13H24N2O. The fourth-order valence-corrected chi connectivity index (χ4v) is 2.75. The molecule has 2 rings (SSSR count). The lowest BCUT2D eigenvalue weighted by atomic mass is 10.0. The van der Waals surface area contributed by atoms with Crippen molar-refractivity contribution in [2.45, 2.75) is 39.5 Å². The summed E-state index contributed by atoms with van der Waals surface area (Å²) in [6, 6.07) is 0.290. The van der Waals surface area contributed by atoms with E-state index in [1.807, 2.05) is 0 Å². The van der Waals surface area contributed by atoms with E-state index in [2.05, 4.69) is 23.6 Å². The molecule has 2 atom stereocenters. The van der Waals surface area contributed by atoms with Gasteiger partial charge in [0.05, 0.1) is 0 Å². The highest BCUT2D eigenvalue weighted by Gasteiger charge is 2.31. The summed E-state index contributed by atoms with van der Waals surface area (Å²) < 4.78 is 0. The van der Waals surface area contributed by atoms with Crippen LogP contribution in [-0.4, -0.2) is 42.0 Å². The van der Waals surface area contributed by atoms with Gasteiger partial charge in [0, 0.05) is 26.2 Å². The monoisotopic (exact) mass is 224 g/mol. The molecule has 0 bridgehead atoms. The second-order valence-electron chi connectivity index (χ2n) is 5.54. The standard InChI is InChI=1S/C13H24N2O/c1-11-9-15(10-12(11)2)13(16)14-7-5-3-4-6-8-14/h11-12H,3-10H2,1-2H3. The molecule has 0 saturated carbocycles. The molecular weight excluding hydrogens is 200 g/mol. The molecule has 2 amide bonds. The van der Waals surface area contributed by atoms with Crippen LogP contribution in [0, 0.1) is 11.8 Å². The first kappa shape index (κ1) is 11.7. The highest BCUT2D eigenvalue weighted by atomic mass is 16.2. The summed E-state index contributed by atoms with van der Waals surface area (Å²) in [5.41, 5.74) is 0. The molecule has 0 radical (unpaired) electrons. The molecule has 0 aromatic heterocycles. The molecule has 3 heteroatoms. The normalized spacial score (nSPS) is 31.6. The molecule has 0 aliphatic carbocycles. The van der Waals surface area contributed by atoms with Gasteiger partial charge in [0.2, 0.25) is 0 Å². The van der Waals surface area contributed by atoms with Crippen molar-refractivity contribution in [2.24, 2.45) is 11.8 Å². The Bertz CT molecular complexity index is 232. The van der Waals surface area contributed by atoms with Gasteiger partial charge in [-0.3, -0.25) is 0 Å². The van der Waals surface area contributed by atoms with Gasteiger partial charge in [-0.05, 0) is 24.7 Å². The first-order valence-corrected chi connectivity index (χ1v) is 6.72. The minimum atomic E-state index is 0.290. The molecule has 16 heavy (non-hydrogen) atoms. The molecule has 2 saturated heterocycles. The zero-order valence-corrected chi connectivity index (χ0v) is 10.6. The van der Waals surface area contributed by atoms with Crippen molar-refractivity contribution in [3.63, 3.8) is 0 Å². The van der Waals surface area contributed by atoms with Gasteiger partial charge >= 0.3 is 6.03 Å². The number of nitrogens with zero attached hydrogens (tertiary/aromatic N) is 2. The van der Waals surface area contributed by atoms with Crippen molar-refractivity contribution in [3.05, 3.63) is 0 Å². The maximum absolute atomic E-state index is 12.3. The molecule has 2 heterocycles. The van der Waals surface area contributed by atoms with Crippen molar-refractivity contribution in [2.75, 3.05) is 26.2 Å². The molecule has 2 unspecified atom stereocenters. The van der Waals surface area contributed by atoms with Gasteiger partial charge in [-0.1, -0.05) is 26.7 Å². The van der Waals surface area contributed by atoms with Crippen LogP contribution in [0.15, 0.2) is 0 Å². The number of amides is 2. The number of urea groups is 1. The van der Waals surface area contributed by atoms with Gasteiger partial charge in [0.25, 0.3) is 0 Å². The van der Waals surface area contributed by atoms with Crippen molar-refractivity contribution in [3.8, 4) is 0 Å². The molecule has 92 valence electrons. The SMILES string of the molecule is CC1CN(C(=O)N2CCCCCC2)CC1C. The van der Waals surface area contributed by atoms with E-state index in [0.29, 0.717) is 11.8 Å². The average molecular weight is 224 g/mol. The van der Waals surface area contributed by atoms with Gasteiger partial charge in [0.15, 0.2) is 0 Å². The Morgan fingerprint density at radius 1 is 0.875 bits per heavy atom. The summed E-state index contributed by atoms with van der Waals surface area (Å²) in [5.74, 6) is 1.33. The van der Waals surface area contributed by atoms with Crippen LogP contribution in [-0.2, 0) is 0 Å². The van der Waals surface area contributed by atoms with Crippen molar-refractivity contribution in [1.29, 1.82) is 0 Å². The second-order valence-corrected chi connectivity index (χ2v) is 5.54. The van der Waals surface area contributed by atoms with Crippen LogP contribution in [0.5, 0.6) is 0 Å². The van der Waals surface area contributed by atoms with Crippen LogP contribution in [0.2, 0.25) is 0 Å². The Hall–Kier alpha value is -0.730. The molecule has 0 aromatic carbocycles. The van der Waals surface area contributed by atoms with Crippen molar-refractivity contribution >= 4 is 6.03 Å². The Labute approximate surface area is 98.8 Å². The van der Waals surface area contributed by atoms with Gasteiger partial charge in [-0.2, -0.15) is 0 Å². The van der Waals surface area contributed by atoms with Crippen molar-refractivity contribution in [1.82, 2.24) is 9.80 Å². The lowest BCUT2D eigenvalue weighted by Crippen LogP contribution is -2.42. The van der Waals surface area contributed by atoms with E-state index in [-0.39, 0.29) is 6.03 Å². The third-order valence-corrected chi connectivity index (χ3v) is 4.14. The summed E-state index contributed by atoms with van der Waals surface area (Å²) in [7, 11) is 0. The maximum atomic E-state index is 12.3. The maximum Gasteiger partial charge on any atom is 0.320 e. The van der Waals surface area contributed by atoms with E-state index in [1.165, 1.54) is 25.7 Å². The van der Waals surface area contributed by atoms with Crippen LogP contribution in [0.25, 0.3) is 0 Å².